The zero-order valence-corrected chi connectivity index (χ0v) is 34.6. The summed E-state index contributed by atoms with van der Waals surface area (Å²) >= 11 is 0. The van der Waals surface area contributed by atoms with Gasteiger partial charge in [0.1, 0.15) is 13.2 Å². The first-order valence-corrected chi connectivity index (χ1v) is 22.4. The van der Waals surface area contributed by atoms with Gasteiger partial charge in [-0.15, -0.1) is 0 Å². The van der Waals surface area contributed by atoms with Gasteiger partial charge in [0, 0.05) is 19.3 Å². The summed E-state index contributed by atoms with van der Waals surface area (Å²) in [5.74, 6) is -0.0807. The standard InChI is InChI=1S/C45H86O6/c1-5-7-9-11-13-15-17-19-21-25-29-33-37-44(47)50-40-42(51-45(48)38-34-30-26-22-23-27-31-35-41(3)4)39-49-43(46)36-32-28-24-20-18-16-14-12-10-8-6-2/h41-42H,5-40H2,1-4H3/t42-/m0/s1. The fraction of sp³-hybridized carbons (Fsp3) is 0.933. The number of esters is 3. The summed E-state index contributed by atoms with van der Waals surface area (Å²) in [5, 5.41) is 0. The number of ether oxygens (including phenoxy) is 3. The topological polar surface area (TPSA) is 78.9 Å². The maximum Gasteiger partial charge on any atom is 0.306 e. The Balaban J connectivity index is 4.33. The van der Waals surface area contributed by atoms with E-state index in [1.807, 2.05) is 0 Å². The molecule has 0 aliphatic carbocycles. The Labute approximate surface area is 317 Å². The van der Waals surface area contributed by atoms with Crippen molar-refractivity contribution in [1.29, 1.82) is 0 Å². The fourth-order valence-corrected chi connectivity index (χ4v) is 6.63. The van der Waals surface area contributed by atoms with Crippen LogP contribution in [0.3, 0.4) is 0 Å². The van der Waals surface area contributed by atoms with Crippen LogP contribution in [0.5, 0.6) is 0 Å². The molecule has 1 atom stereocenters. The van der Waals surface area contributed by atoms with Crippen molar-refractivity contribution in [2.75, 3.05) is 13.2 Å². The largest absolute Gasteiger partial charge is 0.462 e. The Morgan fingerprint density at radius 1 is 0.373 bits per heavy atom. The predicted octanol–water partition coefficient (Wildman–Crippen LogP) is 13.9. The molecule has 0 rings (SSSR count). The molecule has 0 bridgehead atoms. The van der Waals surface area contributed by atoms with Gasteiger partial charge in [-0.1, -0.05) is 207 Å². The van der Waals surface area contributed by atoms with E-state index in [9.17, 15) is 14.4 Å². The van der Waals surface area contributed by atoms with Crippen LogP contribution in [0.1, 0.15) is 246 Å². The van der Waals surface area contributed by atoms with E-state index in [2.05, 4.69) is 27.7 Å². The molecule has 0 unspecified atom stereocenters. The number of carbonyl (C=O) groups excluding carboxylic acids is 3. The number of unbranched alkanes of at least 4 members (excludes halogenated alkanes) is 27. The summed E-state index contributed by atoms with van der Waals surface area (Å²) in [5.41, 5.74) is 0. The second-order valence-electron chi connectivity index (χ2n) is 15.8. The lowest BCUT2D eigenvalue weighted by Crippen LogP contribution is -2.30. The third-order valence-corrected chi connectivity index (χ3v) is 10.0. The maximum absolute atomic E-state index is 12.7. The van der Waals surface area contributed by atoms with Crippen molar-refractivity contribution < 1.29 is 28.6 Å². The third kappa shape index (κ3) is 39.5. The molecule has 0 amide bonds. The summed E-state index contributed by atoms with van der Waals surface area (Å²) < 4.78 is 16.7. The molecule has 0 aliphatic rings. The molecule has 0 aromatic heterocycles. The van der Waals surface area contributed by atoms with Crippen LogP contribution >= 0.6 is 0 Å². The maximum atomic E-state index is 12.7. The van der Waals surface area contributed by atoms with Crippen LogP contribution in [-0.2, 0) is 28.6 Å². The molecular formula is C45H86O6. The van der Waals surface area contributed by atoms with Gasteiger partial charge < -0.3 is 14.2 Å². The predicted molar refractivity (Wildman–Crippen MR) is 215 cm³/mol. The highest BCUT2D eigenvalue weighted by atomic mass is 16.6. The minimum atomic E-state index is -0.759. The Morgan fingerprint density at radius 3 is 0.961 bits per heavy atom. The van der Waals surface area contributed by atoms with Gasteiger partial charge in [0.25, 0.3) is 0 Å². The van der Waals surface area contributed by atoms with Crippen molar-refractivity contribution in [2.45, 2.75) is 252 Å². The van der Waals surface area contributed by atoms with Crippen molar-refractivity contribution in [1.82, 2.24) is 0 Å². The molecule has 0 saturated heterocycles. The molecule has 0 N–H and O–H groups in total. The highest BCUT2D eigenvalue weighted by Gasteiger charge is 2.19. The highest BCUT2D eigenvalue weighted by molar-refractivity contribution is 5.71. The Morgan fingerprint density at radius 2 is 0.647 bits per heavy atom. The molecule has 0 radical (unpaired) electrons. The normalized spacial score (nSPS) is 11.9. The van der Waals surface area contributed by atoms with Gasteiger partial charge in [0.05, 0.1) is 0 Å². The Bertz CT molecular complexity index is 766. The molecule has 0 aromatic rings. The van der Waals surface area contributed by atoms with E-state index in [1.165, 1.54) is 141 Å². The Hall–Kier alpha value is -1.59. The quantitative estimate of drug-likeness (QED) is 0.0356. The van der Waals surface area contributed by atoms with Crippen molar-refractivity contribution in [2.24, 2.45) is 5.92 Å². The second-order valence-corrected chi connectivity index (χ2v) is 15.8. The van der Waals surface area contributed by atoms with Crippen LogP contribution in [0.15, 0.2) is 0 Å². The van der Waals surface area contributed by atoms with Crippen LogP contribution in [-0.4, -0.2) is 37.2 Å². The number of hydrogen-bond donors (Lipinski definition) is 0. The summed E-state index contributed by atoms with van der Waals surface area (Å²) in [4.78, 5) is 37.6. The van der Waals surface area contributed by atoms with Crippen LogP contribution in [0.2, 0.25) is 0 Å². The van der Waals surface area contributed by atoms with Crippen molar-refractivity contribution in [3.05, 3.63) is 0 Å². The lowest BCUT2D eigenvalue weighted by atomic mass is 10.0. The van der Waals surface area contributed by atoms with Crippen molar-refractivity contribution in [3.8, 4) is 0 Å². The van der Waals surface area contributed by atoms with Crippen LogP contribution in [0.25, 0.3) is 0 Å². The van der Waals surface area contributed by atoms with E-state index >= 15 is 0 Å². The monoisotopic (exact) mass is 723 g/mol. The second kappa shape index (κ2) is 39.6. The van der Waals surface area contributed by atoms with Gasteiger partial charge in [-0.05, 0) is 25.2 Å². The van der Waals surface area contributed by atoms with Crippen molar-refractivity contribution in [3.63, 3.8) is 0 Å². The van der Waals surface area contributed by atoms with E-state index in [4.69, 9.17) is 14.2 Å². The summed E-state index contributed by atoms with van der Waals surface area (Å²) in [6, 6.07) is 0. The van der Waals surface area contributed by atoms with Crippen LogP contribution in [0.4, 0.5) is 0 Å². The van der Waals surface area contributed by atoms with E-state index in [1.54, 1.807) is 0 Å². The molecular weight excluding hydrogens is 636 g/mol. The molecule has 51 heavy (non-hydrogen) atoms. The molecule has 0 fully saturated rings. The van der Waals surface area contributed by atoms with Gasteiger partial charge >= 0.3 is 17.9 Å². The van der Waals surface area contributed by atoms with Gasteiger partial charge in [-0.25, -0.2) is 0 Å². The number of rotatable bonds is 40. The minimum Gasteiger partial charge on any atom is -0.462 e. The summed E-state index contributed by atoms with van der Waals surface area (Å²) in [6.07, 6.45) is 38.0. The first-order valence-electron chi connectivity index (χ1n) is 22.4. The average molecular weight is 723 g/mol. The van der Waals surface area contributed by atoms with E-state index in [0.29, 0.717) is 19.3 Å². The van der Waals surface area contributed by atoms with Gasteiger partial charge in [0.15, 0.2) is 6.10 Å². The molecule has 6 heteroatoms. The molecule has 6 nitrogen and oxygen atoms in total. The molecule has 0 aliphatic heterocycles. The SMILES string of the molecule is CCCCCCCCCCCCCCC(=O)OC[C@H](COC(=O)CCCCCCCCCCCCC)OC(=O)CCCCCCCCCC(C)C. The van der Waals surface area contributed by atoms with Gasteiger partial charge in [-0.2, -0.15) is 0 Å². The molecule has 0 saturated carbocycles. The first-order chi connectivity index (χ1) is 24.9. The number of carbonyl (C=O) groups is 3. The summed E-state index contributed by atoms with van der Waals surface area (Å²) in [7, 11) is 0. The smallest absolute Gasteiger partial charge is 0.306 e. The minimum absolute atomic E-state index is 0.0646. The molecule has 0 heterocycles. The third-order valence-electron chi connectivity index (χ3n) is 10.0. The fourth-order valence-electron chi connectivity index (χ4n) is 6.63. The zero-order chi connectivity index (χ0) is 37.5. The first kappa shape index (κ1) is 49.4. The molecule has 0 spiro atoms. The van der Waals surface area contributed by atoms with Gasteiger partial charge in [0.2, 0.25) is 0 Å². The van der Waals surface area contributed by atoms with Gasteiger partial charge in [-0.3, -0.25) is 14.4 Å². The van der Waals surface area contributed by atoms with E-state index in [0.717, 1.165) is 63.7 Å². The molecule has 0 aromatic carbocycles. The van der Waals surface area contributed by atoms with E-state index < -0.39 is 6.10 Å². The molecule has 302 valence electrons. The zero-order valence-electron chi connectivity index (χ0n) is 34.6. The lowest BCUT2D eigenvalue weighted by Gasteiger charge is -2.18. The number of hydrogen-bond acceptors (Lipinski definition) is 6. The lowest BCUT2D eigenvalue weighted by molar-refractivity contribution is -0.167. The van der Waals surface area contributed by atoms with Crippen LogP contribution in [0, 0.1) is 5.92 Å². The Kier molecular flexibility index (Phi) is 38.4. The van der Waals surface area contributed by atoms with Crippen molar-refractivity contribution >= 4 is 17.9 Å². The summed E-state index contributed by atoms with van der Waals surface area (Å²) in [6.45, 7) is 8.93. The van der Waals surface area contributed by atoms with Crippen LogP contribution < -0.4 is 0 Å². The highest BCUT2D eigenvalue weighted by Crippen LogP contribution is 2.16. The van der Waals surface area contributed by atoms with E-state index in [-0.39, 0.29) is 31.1 Å². The average Bonchev–Trinajstić information content (AvgIpc) is 3.11.